The predicted molar refractivity (Wildman–Crippen MR) is 53.6 cm³/mol. The molecule has 0 aliphatic heterocycles. The lowest BCUT2D eigenvalue weighted by molar-refractivity contribution is -0.395. The van der Waals surface area contributed by atoms with Crippen molar-refractivity contribution < 1.29 is 19.7 Å². The molecule has 0 spiro atoms. The molecule has 17 heavy (non-hydrogen) atoms. The lowest BCUT2D eigenvalue weighted by Gasteiger charge is -2.09. The fourth-order valence-electron chi connectivity index (χ4n) is 1.56. The standard InChI is InChI=1S/C9H8N2O6/c1-4-3-6(10(14)15)5(2)8(11(16)17)7(4)9(12)13/h3H,1-2H3,(H,12,13)/p-1. The molecule has 0 aliphatic carbocycles. The molecule has 0 aliphatic rings. The Hall–Kier alpha value is -2.51. The van der Waals surface area contributed by atoms with Gasteiger partial charge in [0, 0.05) is 6.07 Å². The summed E-state index contributed by atoms with van der Waals surface area (Å²) in [6.07, 6.45) is 0. The number of hydrogen-bond donors (Lipinski definition) is 0. The van der Waals surface area contributed by atoms with Gasteiger partial charge in [-0.05, 0) is 19.4 Å². The monoisotopic (exact) mass is 239 g/mol. The van der Waals surface area contributed by atoms with Crippen molar-refractivity contribution in [3.05, 3.63) is 43.0 Å². The van der Waals surface area contributed by atoms with Gasteiger partial charge in [0.2, 0.25) is 0 Å². The van der Waals surface area contributed by atoms with Gasteiger partial charge in [0.25, 0.3) is 11.4 Å². The van der Waals surface area contributed by atoms with Crippen LogP contribution in [0.1, 0.15) is 21.5 Å². The predicted octanol–water partition coefficient (Wildman–Crippen LogP) is 0.483. The molecule has 0 saturated carbocycles. The average molecular weight is 239 g/mol. The molecule has 90 valence electrons. The van der Waals surface area contributed by atoms with E-state index in [1.54, 1.807) is 0 Å². The molecule has 1 aromatic carbocycles. The summed E-state index contributed by atoms with van der Waals surface area (Å²) in [4.78, 5) is 30.5. The molecule has 0 bridgehead atoms. The average Bonchev–Trinajstić information content (AvgIpc) is 2.18. The number of nitrogens with zero attached hydrogens (tertiary/aromatic N) is 2. The highest BCUT2D eigenvalue weighted by Gasteiger charge is 2.28. The zero-order valence-electron chi connectivity index (χ0n) is 8.92. The van der Waals surface area contributed by atoms with Crippen LogP contribution in [0.4, 0.5) is 11.4 Å². The van der Waals surface area contributed by atoms with Gasteiger partial charge < -0.3 is 9.90 Å². The number of nitro groups is 2. The van der Waals surface area contributed by atoms with Gasteiger partial charge in [0.05, 0.1) is 21.4 Å². The summed E-state index contributed by atoms with van der Waals surface area (Å²) in [6.45, 7) is 2.37. The van der Waals surface area contributed by atoms with Crippen LogP contribution in [0, 0.1) is 34.1 Å². The summed E-state index contributed by atoms with van der Waals surface area (Å²) < 4.78 is 0. The topological polar surface area (TPSA) is 126 Å². The second kappa shape index (κ2) is 4.16. The number of benzene rings is 1. The third kappa shape index (κ3) is 2.05. The van der Waals surface area contributed by atoms with Crippen molar-refractivity contribution in [2.75, 3.05) is 0 Å². The summed E-state index contributed by atoms with van der Waals surface area (Å²) in [5.74, 6) is -1.73. The van der Waals surface area contributed by atoms with Crippen LogP contribution in [-0.4, -0.2) is 15.8 Å². The first-order valence-corrected chi connectivity index (χ1v) is 4.41. The maximum Gasteiger partial charge on any atom is 0.288 e. The number of hydrogen-bond acceptors (Lipinski definition) is 6. The van der Waals surface area contributed by atoms with Gasteiger partial charge in [-0.15, -0.1) is 0 Å². The van der Waals surface area contributed by atoms with E-state index in [1.165, 1.54) is 6.92 Å². The molecule has 0 atom stereocenters. The third-order valence-corrected chi connectivity index (χ3v) is 2.31. The molecule has 1 aromatic rings. The number of carbonyl (C=O) groups is 1. The number of carboxylic acid groups (broad SMARTS) is 1. The smallest absolute Gasteiger partial charge is 0.288 e. The highest BCUT2D eigenvalue weighted by atomic mass is 16.6. The molecule has 0 radical (unpaired) electrons. The lowest BCUT2D eigenvalue weighted by Crippen LogP contribution is -2.25. The summed E-state index contributed by atoms with van der Waals surface area (Å²) in [5.41, 5.74) is -2.28. The fourth-order valence-corrected chi connectivity index (χ4v) is 1.56. The molecule has 8 nitrogen and oxygen atoms in total. The molecule has 0 saturated heterocycles. The largest absolute Gasteiger partial charge is 0.545 e. The summed E-state index contributed by atoms with van der Waals surface area (Å²) in [5, 5.41) is 32.2. The minimum absolute atomic E-state index is 0.0750. The number of carboxylic acids is 1. The van der Waals surface area contributed by atoms with Crippen LogP contribution in [-0.2, 0) is 0 Å². The molecule has 0 aromatic heterocycles. The van der Waals surface area contributed by atoms with Crippen molar-refractivity contribution in [1.82, 2.24) is 0 Å². The van der Waals surface area contributed by atoms with Crippen LogP contribution >= 0.6 is 0 Å². The third-order valence-electron chi connectivity index (χ3n) is 2.31. The second-order valence-electron chi connectivity index (χ2n) is 3.36. The van der Waals surface area contributed by atoms with E-state index in [9.17, 15) is 30.1 Å². The minimum atomic E-state index is -1.73. The number of carbonyl (C=O) groups excluding carboxylic acids is 1. The minimum Gasteiger partial charge on any atom is -0.545 e. The SMILES string of the molecule is Cc1cc([N+](=O)[O-])c(C)c([N+](=O)[O-])c1C(=O)[O-]. The Balaban J connectivity index is 3.78. The Bertz CT molecular complexity index is 537. The summed E-state index contributed by atoms with van der Waals surface area (Å²) >= 11 is 0. The molecular weight excluding hydrogens is 232 g/mol. The van der Waals surface area contributed by atoms with Gasteiger partial charge in [-0.3, -0.25) is 20.2 Å². The molecule has 0 unspecified atom stereocenters. The van der Waals surface area contributed by atoms with Crippen LogP contribution in [0.5, 0.6) is 0 Å². The first-order valence-electron chi connectivity index (χ1n) is 4.41. The Morgan fingerprint density at radius 3 is 2.06 bits per heavy atom. The van der Waals surface area contributed by atoms with Crippen molar-refractivity contribution in [3.8, 4) is 0 Å². The van der Waals surface area contributed by atoms with Crippen LogP contribution in [0.15, 0.2) is 6.07 Å². The Morgan fingerprint density at radius 2 is 1.71 bits per heavy atom. The van der Waals surface area contributed by atoms with E-state index in [2.05, 4.69) is 0 Å². The zero-order chi connectivity index (χ0) is 13.3. The van der Waals surface area contributed by atoms with Gasteiger partial charge in [-0.1, -0.05) is 0 Å². The molecule has 1 rings (SSSR count). The zero-order valence-corrected chi connectivity index (χ0v) is 8.92. The van der Waals surface area contributed by atoms with E-state index in [-0.39, 0.29) is 11.1 Å². The van der Waals surface area contributed by atoms with Crippen molar-refractivity contribution in [2.24, 2.45) is 0 Å². The Morgan fingerprint density at radius 1 is 1.18 bits per heavy atom. The first kappa shape index (κ1) is 12.6. The van der Waals surface area contributed by atoms with Crippen molar-refractivity contribution in [3.63, 3.8) is 0 Å². The van der Waals surface area contributed by atoms with Gasteiger partial charge in [0.15, 0.2) is 0 Å². The maximum absolute atomic E-state index is 10.8. The van der Waals surface area contributed by atoms with E-state index in [0.717, 1.165) is 13.0 Å². The van der Waals surface area contributed by atoms with Crippen molar-refractivity contribution in [1.29, 1.82) is 0 Å². The van der Waals surface area contributed by atoms with E-state index in [1.807, 2.05) is 0 Å². The molecule has 8 heteroatoms. The quantitative estimate of drug-likeness (QED) is 0.557. The lowest BCUT2D eigenvalue weighted by atomic mass is 10.0. The molecule has 0 N–H and O–H groups in total. The number of aryl methyl sites for hydroxylation is 1. The number of nitro benzene ring substituents is 2. The molecule has 0 heterocycles. The van der Waals surface area contributed by atoms with Gasteiger partial charge >= 0.3 is 0 Å². The highest BCUT2D eigenvalue weighted by molar-refractivity contribution is 5.94. The van der Waals surface area contributed by atoms with Crippen LogP contribution in [0.2, 0.25) is 0 Å². The Labute approximate surface area is 94.8 Å². The van der Waals surface area contributed by atoms with Crippen molar-refractivity contribution >= 4 is 17.3 Å². The van der Waals surface area contributed by atoms with Gasteiger partial charge in [0.1, 0.15) is 5.56 Å². The van der Waals surface area contributed by atoms with Crippen molar-refractivity contribution in [2.45, 2.75) is 13.8 Å². The van der Waals surface area contributed by atoms with E-state index >= 15 is 0 Å². The van der Waals surface area contributed by atoms with Crippen LogP contribution in [0.25, 0.3) is 0 Å². The first-order chi connectivity index (χ1) is 7.77. The normalized spacial score (nSPS) is 10.0. The second-order valence-corrected chi connectivity index (χ2v) is 3.36. The number of aromatic carboxylic acids is 1. The van der Waals surface area contributed by atoms with E-state index in [0.29, 0.717) is 0 Å². The number of rotatable bonds is 3. The summed E-state index contributed by atoms with van der Waals surface area (Å²) in [6, 6.07) is 0.980. The molecule has 0 amide bonds. The van der Waals surface area contributed by atoms with E-state index in [4.69, 9.17) is 0 Å². The maximum atomic E-state index is 10.8. The van der Waals surface area contributed by atoms with Crippen LogP contribution in [0.3, 0.4) is 0 Å². The van der Waals surface area contributed by atoms with E-state index < -0.39 is 32.8 Å². The Kier molecular flexibility index (Phi) is 3.07. The van der Waals surface area contributed by atoms with Crippen LogP contribution < -0.4 is 5.11 Å². The highest BCUT2D eigenvalue weighted by Crippen LogP contribution is 2.33. The molecule has 0 fully saturated rings. The van der Waals surface area contributed by atoms with Gasteiger partial charge in [-0.2, -0.15) is 0 Å². The molecular formula is C9H7N2O6-. The fraction of sp³-hybridized carbons (Fsp3) is 0.222. The summed E-state index contributed by atoms with van der Waals surface area (Å²) in [7, 11) is 0. The van der Waals surface area contributed by atoms with Gasteiger partial charge in [-0.25, -0.2) is 0 Å².